The van der Waals surface area contributed by atoms with Crippen molar-refractivity contribution in [1.29, 1.82) is 0 Å². The van der Waals surface area contributed by atoms with Crippen molar-refractivity contribution in [2.24, 2.45) is 0 Å². The number of ether oxygens (including phenoxy) is 2. The highest BCUT2D eigenvalue weighted by atomic mass is 16.5. The Morgan fingerprint density at radius 1 is 1.00 bits per heavy atom. The summed E-state index contributed by atoms with van der Waals surface area (Å²) < 4.78 is 10.9. The van der Waals surface area contributed by atoms with Crippen molar-refractivity contribution >= 4 is 17.9 Å². The molecule has 1 saturated carbocycles. The SMILES string of the molecule is C[C@@H](OC(=O)c1cccc(OCc2ccccc2)c1)C(=O)NC(=O)NC1CCCCC1. The van der Waals surface area contributed by atoms with Crippen LogP contribution in [0.15, 0.2) is 54.6 Å². The zero-order chi connectivity index (χ0) is 22.1. The minimum absolute atomic E-state index is 0.0815. The fraction of sp³-hybridized carbons (Fsp3) is 0.375. The highest BCUT2D eigenvalue weighted by molar-refractivity contribution is 5.98. The fourth-order valence-electron chi connectivity index (χ4n) is 3.42. The summed E-state index contributed by atoms with van der Waals surface area (Å²) in [5.41, 5.74) is 1.27. The normalized spacial score (nSPS) is 14.9. The summed E-state index contributed by atoms with van der Waals surface area (Å²) in [5.74, 6) is -0.819. The average Bonchev–Trinajstić information content (AvgIpc) is 2.79. The van der Waals surface area contributed by atoms with Gasteiger partial charge in [-0.3, -0.25) is 10.1 Å². The predicted octanol–water partition coefficient (Wildman–Crippen LogP) is 3.97. The first kappa shape index (κ1) is 22.3. The largest absolute Gasteiger partial charge is 0.489 e. The standard InChI is InChI=1S/C24H28N2O5/c1-17(22(27)26-24(29)25-20-12-6-3-7-13-20)31-23(28)19-11-8-14-21(15-19)30-16-18-9-4-2-5-10-18/h2,4-5,8-11,14-15,17,20H,3,6-7,12-13,16H2,1H3,(H2,25,26,27,29)/t17-/m1/s1. The molecule has 0 spiro atoms. The van der Waals surface area contributed by atoms with Gasteiger partial charge in [-0.1, -0.05) is 55.7 Å². The van der Waals surface area contributed by atoms with Crippen molar-refractivity contribution < 1.29 is 23.9 Å². The van der Waals surface area contributed by atoms with E-state index in [1.165, 1.54) is 13.3 Å². The molecule has 7 nitrogen and oxygen atoms in total. The summed E-state index contributed by atoms with van der Waals surface area (Å²) in [6.45, 7) is 1.80. The molecular weight excluding hydrogens is 396 g/mol. The van der Waals surface area contributed by atoms with Gasteiger partial charge >= 0.3 is 12.0 Å². The average molecular weight is 424 g/mol. The summed E-state index contributed by atoms with van der Waals surface area (Å²) >= 11 is 0. The van der Waals surface area contributed by atoms with E-state index in [9.17, 15) is 14.4 Å². The van der Waals surface area contributed by atoms with E-state index in [4.69, 9.17) is 9.47 Å². The third kappa shape index (κ3) is 7.13. The first-order valence-corrected chi connectivity index (χ1v) is 10.6. The lowest BCUT2D eigenvalue weighted by Crippen LogP contribution is -2.48. The maximum absolute atomic E-state index is 12.4. The summed E-state index contributed by atoms with van der Waals surface area (Å²) in [4.78, 5) is 36.7. The lowest BCUT2D eigenvalue weighted by Gasteiger charge is -2.23. The second kappa shape index (κ2) is 11.2. The maximum Gasteiger partial charge on any atom is 0.339 e. The van der Waals surface area contributed by atoms with Crippen molar-refractivity contribution in [3.63, 3.8) is 0 Å². The quantitative estimate of drug-likeness (QED) is 0.656. The molecule has 3 rings (SSSR count). The topological polar surface area (TPSA) is 93.7 Å². The zero-order valence-corrected chi connectivity index (χ0v) is 17.6. The van der Waals surface area contributed by atoms with Crippen LogP contribution in [0.3, 0.4) is 0 Å². The number of hydrogen-bond acceptors (Lipinski definition) is 5. The molecule has 7 heteroatoms. The third-order valence-corrected chi connectivity index (χ3v) is 5.15. The van der Waals surface area contributed by atoms with Gasteiger partial charge < -0.3 is 14.8 Å². The Bertz CT molecular complexity index is 894. The molecule has 1 aliphatic rings. The van der Waals surface area contributed by atoms with Crippen LogP contribution in [0.1, 0.15) is 54.9 Å². The molecule has 164 valence electrons. The van der Waals surface area contributed by atoms with Crippen LogP contribution in [0.25, 0.3) is 0 Å². The second-order valence-corrected chi connectivity index (χ2v) is 7.65. The van der Waals surface area contributed by atoms with Crippen molar-refractivity contribution in [3.8, 4) is 5.75 Å². The number of imide groups is 1. The van der Waals surface area contributed by atoms with Crippen LogP contribution in [-0.4, -0.2) is 30.1 Å². The second-order valence-electron chi connectivity index (χ2n) is 7.65. The van der Waals surface area contributed by atoms with Gasteiger partial charge in [0.1, 0.15) is 12.4 Å². The Balaban J connectivity index is 1.48. The Hall–Kier alpha value is -3.35. The molecule has 0 unspecified atom stereocenters. The molecule has 0 radical (unpaired) electrons. The van der Waals surface area contributed by atoms with Gasteiger partial charge in [-0.25, -0.2) is 9.59 Å². The summed E-state index contributed by atoms with van der Waals surface area (Å²) in [6.07, 6.45) is 4.02. The molecule has 1 atom stereocenters. The number of urea groups is 1. The Labute approximate surface area is 182 Å². The van der Waals surface area contributed by atoms with Crippen LogP contribution in [0, 0.1) is 0 Å². The number of carbonyl (C=O) groups excluding carboxylic acids is 3. The Kier molecular flexibility index (Phi) is 8.04. The summed E-state index contributed by atoms with van der Waals surface area (Å²) in [6, 6.07) is 15.8. The smallest absolute Gasteiger partial charge is 0.339 e. The first-order valence-electron chi connectivity index (χ1n) is 10.6. The molecule has 2 aromatic rings. The fourth-order valence-corrected chi connectivity index (χ4v) is 3.42. The highest BCUT2D eigenvalue weighted by Gasteiger charge is 2.23. The summed E-state index contributed by atoms with van der Waals surface area (Å²) in [7, 11) is 0. The van der Waals surface area contributed by atoms with E-state index in [-0.39, 0.29) is 11.6 Å². The molecule has 1 aliphatic carbocycles. The van der Waals surface area contributed by atoms with Crippen LogP contribution in [-0.2, 0) is 16.1 Å². The van der Waals surface area contributed by atoms with Gasteiger partial charge in [0.05, 0.1) is 5.56 Å². The van der Waals surface area contributed by atoms with E-state index >= 15 is 0 Å². The molecule has 2 N–H and O–H groups in total. The van der Waals surface area contributed by atoms with Crippen LogP contribution >= 0.6 is 0 Å². The zero-order valence-electron chi connectivity index (χ0n) is 17.6. The Morgan fingerprint density at radius 2 is 1.74 bits per heavy atom. The summed E-state index contributed by atoms with van der Waals surface area (Å²) in [5, 5.41) is 5.04. The van der Waals surface area contributed by atoms with Crippen molar-refractivity contribution in [3.05, 3.63) is 65.7 Å². The molecule has 0 bridgehead atoms. The van der Waals surface area contributed by atoms with E-state index in [1.807, 2.05) is 30.3 Å². The Morgan fingerprint density at radius 3 is 2.48 bits per heavy atom. The van der Waals surface area contributed by atoms with Gasteiger partial charge in [0.2, 0.25) is 0 Å². The minimum Gasteiger partial charge on any atom is -0.489 e. The monoisotopic (exact) mass is 424 g/mol. The molecule has 0 heterocycles. The molecule has 31 heavy (non-hydrogen) atoms. The number of carbonyl (C=O) groups is 3. The number of benzene rings is 2. The number of amides is 3. The van der Waals surface area contributed by atoms with Gasteiger partial charge in [0, 0.05) is 6.04 Å². The minimum atomic E-state index is -1.11. The van der Waals surface area contributed by atoms with Crippen LogP contribution in [0.4, 0.5) is 4.79 Å². The molecule has 2 aromatic carbocycles. The molecular formula is C24H28N2O5. The van der Waals surface area contributed by atoms with Crippen LogP contribution in [0.2, 0.25) is 0 Å². The van der Waals surface area contributed by atoms with E-state index in [0.717, 1.165) is 31.2 Å². The number of hydrogen-bond donors (Lipinski definition) is 2. The van der Waals surface area contributed by atoms with Crippen molar-refractivity contribution in [2.75, 3.05) is 0 Å². The van der Waals surface area contributed by atoms with Gasteiger partial charge in [0.25, 0.3) is 5.91 Å². The molecule has 3 amide bonds. The third-order valence-electron chi connectivity index (χ3n) is 5.15. The molecule has 0 aromatic heterocycles. The van der Waals surface area contributed by atoms with Crippen LogP contribution < -0.4 is 15.4 Å². The lowest BCUT2D eigenvalue weighted by atomic mass is 9.96. The lowest BCUT2D eigenvalue weighted by molar-refractivity contribution is -0.127. The van der Waals surface area contributed by atoms with Gasteiger partial charge in [-0.15, -0.1) is 0 Å². The van der Waals surface area contributed by atoms with Crippen molar-refractivity contribution in [2.45, 2.75) is 57.8 Å². The number of rotatable bonds is 7. The first-order chi connectivity index (χ1) is 15.0. The van der Waals surface area contributed by atoms with Gasteiger partial charge in [-0.05, 0) is 43.5 Å². The van der Waals surface area contributed by atoms with E-state index in [1.54, 1.807) is 24.3 Å². The molecule has 0 saturated heterocycles. The van der Waals surface area contributed by atoms with Gasteiger partial charge in [-0.2, -0.15) is 0 Å². The number of nitrogens with one attached hydrogen (secondary N) is 2. The van der Waals surface area contributed by atoms with E-state index in [2.05, 4.69) is 10.6 Å². The highest BCUT2D eigenvalue weighted by Crippen LogP contribution is 2.18. The molecule has 0 aliphatic heterocycles. The molecule has 1 fully saturated rings. The predicted molar refractivity (Wildman–Crippen MR) is 116 cm³/mol. The van der Waals surface area contributed by atoms with E-state index < -0.39 is 24.0 Å². The van der Waals surface area contributed by atoms with Crippen molar-refractivity contribution in [1.82, 2.24) is 10.6 Å². The van der Waals surface area contributed by atoms with Gasteiger partial charge in [0.15, 0.2) is 6.10 Å². The van der Waals surface area contributed by atoms with Crippen LogP contribution in [0.5, 0.6) is 5.75 Å². The maximum atomic E-state index is 12.4. The van der Waals surface area contributed by atoms with E-state index in [0.29, 0.717) is 12.4 Å². The number of esters is 1.